The van der Waals surface area contributed by atoms with Gasteiger partial charge in [0.2, 0.25) is 5.82 Å². The normalized spacial score (nSPS) is 17.0. The van der Waals surface area contributed by atoms with Crippen LogP contribution in [0.5, 0.6) is 5.75 Å². The van der Waals surface area contributed by atoms with Crippen molar-refractivity contribution in [1.29, 1.82) is 0 Å². The highest BCUT2D eigenvalue weighted by Crippen LogP contribution is 2.42. The van der Waals surface area contributed by atoms with Gasteiger partial charge in [-0.05, 0) is 24.8 Å². The molecule has 0 radical (unpaired) electrons. The first-order valence-corrected chi connectivity index (χ1v) is 4.53. The third-order valence-corrected chi connectivity index (χ3v) is 2.59. The van der Waals surface area contributed by atoms with Crippen molar-refractivity contribution in [2.24, 2.45) is 11.7 Å². The Bertz CT molecular complexity index is 369. The van der Waals surface area contributed by atoms with Crippen LogP contribution in [0, 0.1) is 17.6 Å². The minimum Gasteiger partial charge on any atom is -0.505 e. The third kappa shape index (κ3) is 2.21. The summed E-state index contributed by atoms with van der Waals surface area (Å²) in [5.41, 5.74) is 6.07. The maximum atomic E-state index is 13.0. The minimum absolute atomic E-state index is 0. The zero-order chi connectivity index (χ0) is 10.3. The van der Waals surface area contributed by atoms with Crippen molar-refractivity contribution < 1.29 is 13.9 Å². The number of benzene rings is 1. The summed E-state index contributed by atoms with van der Waals surface area (Å²) >= 11 is 0. The Morgan fingerprint density at radius 3 is 2.47 bits per heavy atom. The first kappa shape index (κ1) is 12.2. The lowest BCUT2D eigenvalue weighted by Gasteiger charge is -2.12. The molecule has 1 fully saturated rings. The molecule has 3 N–H and O–H groups in total. The third-order valence-electron chi connectivity index (χ3n) is 2.59. The molecule has 1 atom stereocenters. The van der Waals surface area contributed by atoms with Gasteiger partial charge in [0.25, 0.3) is 0 Å². The maximum Gasteiger partial charge on any atom is 0.200 e. The van der Waals surface area contributed by atoms with Crippen LogP contribution in [0.1, 0.15) is 24.4 Å². The second-order valence-electron chi connectivity index (χ2n) is 3.66. The zero-order valence-corrected chi connectivity index (χ0v) is 8.73. The van der Waals surface area contributed by atoms with Crippen LogP contribution < -0.4 is 5.73 Å². The highest BCUT2D eigenvalue weighted by Gasteiger charge is 2.32. The number of rotatable bonds is 2. The quantitative estimate of drug-likeness (QED) is 0.827. The van der Waals surface area contributed by atoms with Crippen LogP contribution in [-0.2, 0) is 0 Å². The monoisotopic (exact) mass is 235 g/mol. The van der Waals surface area contributed by atoms with E-state index in [1.54, 1.807) is 0 Å². The van der Waals surface area contributed by atoms with Gasteiger partial charge < -0.3 is 10.8 Å². The summed E-state index contributed by atoms with van der Waals surface area (Å²) in [4.78, 5) is 0. The largest absolute Gasteiger partial charge is 0.505 e. The van der Waals surface area contributed by atoms with E-state index in [0.717, 1.165) is 18.9 Å². The van der Waals surface area contributed by atoms with Crippen LogP contribution in [-0.4, -0.2) is 5.11 Å². The summed E-state index contributed by atoms with van der Waals surface area (Å²) in [5.74, 6) is -2.61. The number of phenolic OH excluding ortho intramolecular Hbond substituents is 1. The van der Waals surface area contributed by atoms with Gasteiger partial charge in [0, 0.05) is 11.6 Å². The topological polar surface area (TPSA) is 46.2 Å². The Hall–Kier alpha value is -0.870. The van der Waals surface area contributed by atoms with Crippen molar-refractivity contribution in [2.45, 2.75) is 18.9 Å². The van der Waals surface area contributed by atoms with Crippen LogP contribution in [0.3, 0.4) is 0 Å². The van der Waals surface area contributed by atoms with E-state index in [1.165, 1.54) is 6.07 Å². The first-order chi connectivity index (χ1) is 6.61. The van der Waals surface area contributed by atoms with Crippen LogP contribution in [0.4, 0.5) is 8.78 Å². The molecule has 5 heteroatoms. The van der Waals surface area contributed by atoms with Crippen LogP contribution in [0.15, 0.2) is 12.1 Å². The highest BCUT2D eigenvalue weighted by molar-refractivity contribution is 5.85. The number of aromatic hydroxyl groups is 1. The molecular formula is C10H12ClF2NO. The van der Waals surface area contributed by atoms with E-state index in [-0.39, 0.29) is 18.4 Å². The number of nitrogens with two attached hydrogens (primary N) is 1. The van der Waals surface area contributed by atoms with Gasteiger partial charge in [0.05, 0.1) is 0 Å². The molecule has 1 aromatic carbocycles. The zero-order valence-electron chi connectivity index (χ0n) is 7.91. The molecule has 1 saturated carbocycles. The second kappa shape index (κ2) is 4.33. The molecule has 0 amide bonds. The highest BCUT2D eigenvalue weighted by atomic mass is 35.5. The summed E-state index contributed by atoms with van der Waals surface area (Å²) < 4.78 is 25.6. The molecule has 0 bridgehead atoms. The lowest BCUT2D eigenvalue weighted by molar-refractivity contribution is 0.394. The number of hydrogen-bond donors (Lipinski definition) is 2. The van der Waals surface area contributed by atoms with Crippen molar-refractivity contribution in [3.63, 3.8) is 0 Å². The molecule has 1 aliphatic carbocycles. The first-order valence-electron chi connectivity index (χ1n) is 4.53. The van der Waals surface area contributed by atoms with E-state index in [9.17, 15) is 13.9 Å². The van der Waals surface area contributed by atoms with E-state index in [0.29, 0.717) is 11.5 Å². The Morgan fingerprint density at radius 2 is 1.93 bits per heavy atom. The Kier molecular flexibility index (Phi) is 3.52. The standard InChI is InChI=1S/C10H11F2NO.ClH/c11-7-4-3-6(10(14)8(7)12)9(13)5-1-2-5;/h3-5,9,14H,1-2,13H2;1H/t9-;/m0./s1. The molecule has 0 heterocycles. The van der Waals surface area contributed by atoms with Crippen molar-refractivity contribution in [1.82, 2.24) is 0 Å². The fourth-order valence-electron chi connectivity index (χ4n) is 1.53. The van der Waals surface area contributed by atoms with Gasteiger partial charge in [-0.25, -0.2) is 4.39 Å². The SMILES string of the molecule is Cl.N[C@H](c1ccc(F)c(F)c1O)C1CC1. The summed E-state index contributed by atoms with van der Waals surface area (Å²) in [6, 6.07) is 1.95. The van der Waals surface area contributed by atoms with Gasteiger partial charge in [-0.1, -0.05) is 6.07 Å². The molecule has 2 rings (SSSR count). The average Bonchev–Trinajstić information content (AvgIpc) is 2.97. The van der Waals surface area contributed by atoms with Gasteiger partial charge in [-0.2, -0.15) is 4.39 Å². The molecular weight excluding hydrogens is 224 g/mol. The molecule has 1 aliphatic rings. The average molecular weight is 236 g/mol. The minimum atomic E-state index is -1.21. The number of phenols is 1. The van der Waals surface area contributed by atoms with Gasteiger partial charge >= 0.3 is 0 Å². The summed E-state index contributed by atoms with van der Waals surface area (Å²) in [6.45, 7) is 0. The molecule has 84 valence electrons. The van der Waals surface area contributed by atoms with Crippen LogP contribution in [0.25, 0.3) is 0 Å². The van der Waals surface area contributed by atoms with Crippen molar-refractivity contribution in [2.75, 3.05) is 0 Å². The van der Waals surface area contributed by atoms with Gasteiger partial charge in [0.15, 0.2) is 11.6 Å². The molecule has 2 nitrogen and oxygen atoms in total. The predicted octanol–water partition coefficient (Wildman–Crippen LogP) is 2.50. The molecule has 0 unspecified atom stereocenters. The lowest BCUT2D eigenvalue weighted by atomic mass is 10.0. The summed E-state index contributed by atoms with van der Waals surface area (Å²) in [6.07, 6.45) is 1.97. The molecule has 0 aliphatic heterocycles. The summed E-state index contributed by atoms with van der Waals surface area (Å²) in [5, 5.41) is 9.33. The van der Waals surface area contributed by atoms with E-state index in [1.807, 2.05) is 0 Å². The van der Waals surface area contributed by atoms with E-state index >= 15 is 0 Å². The van der Waals surface area contributed by atoms with Crippen molar-refractivity contribution in [3.8, 4) is 5.75 Å². The van der Waals surface area contributed by atoms with Crippen LogP contribution in [0.2, 0.25) is 0 Å². The van der Waals surface area contributed by atoms with E-state index < -0.39 is 17.4 Å². The Labute approximate surface area is 92.5 Å². The molecule has 0 spiro atoms. The summed E-state index contributed by atoms with van der Waals surface area (Å²) in [7, 11) is 0. The fraction of sp³-hybridized carbons (Fsp3) is 0.400. The fourth-order valence-corrected chi connectivity index (χ4v) is 1.53. The lowest BCUT2D eigenvalue weighted by Crippen LogP contribution is -2.13. The number of hydrogen-bond acceptors (Lipinski definition) is 2. The molecule has 1 aromatic rings. The second-order valence-corrected chi connectivity index (χ2v) is 3.66. The molecule has 0 saturated heterocycles. The molecule has 0 aromatic heterocycles. The van der Waals surface area contributed by atoms with Gasteiger partial charge in [0.1, 0.15) is 0 Å². The van der Waals surface area contributed by atoms with Crippen LogP contribution >= 0.6 is 12.4 Å². The maximum absolute atomic E-state index is 13.0. The Morgan fingerprint density at radius 1 is 1.33 bits per heavy atom. The smallest absolute Gasteiger partial charge is 0.200 e. The van der Waals surface area contributed by atoms with E-state index in [4.69, 9.17) is 5.73 Å². The molecule has 15 heavy (non-hydrogen) atoms. The van der Waals surface area contributed by atoms with Crippen molar-refractivity contribution in [3.05, 3.63) is 29.3 Å². The Balaban J connectivity index is 0.00000112. The van der Waals surface area contributed by atoms with Gasteiger partial charge in [-0.15, -0.1) is 12.4 Å². The van der Waals surface area contributed by atoms with Gasteiger partial charge in [-0.3, -0.25) is 0 Å². The van der Waals surface area contributed by atoms with Crippen molar-refractivity contribution >= 4 is 12.4 Å². The number of halogens is 3. The predicted molar refractivity (Wildman–Crippen MR) is 54.9 cm³/mol. The van der Waals surface area contributed by atoms with E-state index in [2.05, 4.69) is 0 Å².